The molecule has 2 aliphatic carbocycles. The molecule has 10 rings (SSSR count). The van der Waals surface area contributed by atoms with Crippen molar-refractivity contribution in [2.45, 2.75) is 32.1 Å². The number of benzene rings is 7. The molecule has 0 unspecified atom stereocenters. The van der Waals surface area contributed by atoms with Gasteiger partial charge in [0.15, 0.2) is 0 Å². The van der Waals surface area contributed by atoms with Gasteiger partial charge in [-0.2, -0.15) is 0 Å². The van der Waals surface area contributed by atoms with Crippen molar-refractivity contribution in [3.8, 4) is 33.4 Å². The number of hydrogen-bond acceptors (Lipinski definition) is 2. The lowest BCUT2D eigenvalue weighted by molar-refractivity contribution is 0.660. The molecule has 0 saturated heterocycles. The van der Waals surface area contributed by atoms with Crippen molar-refractivity contribution in [2.24, 2.45) is 0 Å². The van der Waals surface area contributed by atoms with E-state index in [1.54, 1.807) is 0 Å². The van der Waals surface area contributed by atoms with Crippen LogP contribution in [-0.4, -0.2) is 0 Å². The van der Waals surface area contributed by atoms with E-state index in [9.17, 15) is 0 Å². The molecule has 1 aromatic heterocycles. The molecule has 0 amide bonds. The van der Waals surface area contributed by atoms with E-state index < -0.39 is 0 Å². The summed E-state index contributed by atoms with van der Waals surface area (Å²) in [4.78, 5) is 2.44. The Morgan fingerprint density at radius 1 is 0.472 bits per heavy atom. The maximum atomic E-state index is 6.47. The number of para-hydroxylation sites is 2. The Balaban J connectivity index is 1.06. The quantitative estimate of drug-likeness (QED) is 0.174. The summed E-state index contributed by atoms with van der Waals surface area (Å²) < 4.78 is 6.47. The third-order valence-corrected chi connectivity index (χ3v) is 11.4. The highest BCUT2D eigenvalue weighted by Crippen LogP contribution is 2.50. The van der Waals surface area contributed by atoms with Crippen molar-refractivity contribution in [3.05, 3.63) is 198 Å². The molecule has 0 saturated carbocycles. The smallest absolute Gasteiger partial charge is 0.143 e. The molecule has 0 N–H and O–H groups in total. The molecule has 0 radical (unpaired) electrons. The average Bonchev–Trinajstić information content (AvgIpc) is 3.71. The van der Waals surface area contributed by atoms with Crippen LogP contribution in [0.3, 0.4) is 0 Å². The second-order valence-corrected chi connectivity index (χ2v) is 14.9. The van der Waals surface area contributed by atoms with Crippen molar-refractivity contribution >= 4 is 38.9 Å². The van der Waals surface area contributed by atoms with Crippen LogP contribution < -0.4 is 4.90 Å². The molecule has 2 nitrogen and oxygen atoms in total. The summed E-state index contributed by atoms with van der Waals surface area (Å²) in [5.41, 5.74) is 18.2. The second-order valence-electron chi connectivity index (χ2n) is 14.9. The highest BCUT2D eigenvalue weighted by molar-refractivity contribution is 6.09. The minimum Gasteiger partial charge on any atom is -0.455 e. The van der Waals surface area contributed by atoms with Crippen LogP contribution in [0.5, 0.6) is 0 Å². The fourth-order valence-corrected chi connectivity index (χ4v) is 8.66. The fourth-order valence-electron chi connectivity index (χ4n) is 8.66. The summed E-state index contributed by atoms with van der Waals surface area (Å²) in [7, 11) is 0. The van der Waals surface area contributed by atoms with Crippen molar-refractivity contribution in [1.29, 1.82) is 0 Å². The number of fused-ring (bicyclic) bond motifs is 6. The number of allylic oxidation sites excluding steroid dienone is 4. The molecule has 2 aliphatic rings. The SMILES string of the molecule is CC1(C)c2ccccc2-c2ccc(-c3ccc(N(C4=CC=C(c5ccccc5)CC4)c4cccc(-c5cccc6c5oc5ccccc56)c4)cc3)cc21. The molecule has 254 valence electrons. The van der Waals surface area contributed by atoms with Crippen LogP contribution in [-0.2, 0) is 5.41 Å². The average molecular weight is 682 g/mol. The van der Waals surface area contributed by atoms with Crippen molar-refractivity contribution in [2.75, 3.05) is 4.90 Å². The summed E-state index contributed by atoms with van der Waals surface area (Å²) in [6, 6.07) is 59.4. The lowest BCUT2D eigenvalue weighted by Crippen LogP contribution is -2.18. The van der Waals surface area contributed by atoms with Gasteiger partial charge < -0.3 is 9.32 Å². The molecule has 1 heterocycles. The van der Waals surface area contributed by atoms with E-state index in [2.05, 4.69) is 189 Å². The van der Waals surface area contributed by atoms with E-state index in [-0.39, 0.29) is 5.41 Å². The lowest BCUT2D eigenvalue weighted by atomic mass is 9.81. The molecule has 0 fully saturated rings. The van der Waals surface area contributed by atoms with Gasteiger partial charge in [-0.15, -0.1) is 0 Å². The van der Waals surface area contributed by atoms with Crippen LogP contribution in [0.15, 0.2) is 186 Å². The van der Waals surface area contributed by atoms with Crippen molar-refractivity contribution in [1.82, 2.24) is 0 Å². The van der Waals surface area contributed by atoms with Gasteiger partial charge in [0.1, 0.15) is 11.2 Å². The van der Waals surface area contributed by atoms with Gasteiger partial charge in [-0.1, -0.05) is 147 Å². The standard InChI is InChI=1S/C51H39NO/c1-51(2)47-20-8-6-16-43(47)44-31-26-37(33-48(44)51)36-24-29-40(30-25-36)52(39-27-22-35(23-28-39)34-12-4-3-5-13-34)41-15-10-14-38(32-41)42-18-11-19-46-45-17-7-9-21-49(45)53-50(42)46/h3-22,24-27,29-33H,23,28H2,1-2H3. The normalized spacial score (nSPS) is 14.5. The number of hydrogen-bond donors (Lipinski definition) is 0. The van der Waals surface area contributed by atoms with Gasteiger partial charge in [0, 0.05) is 38.8 Å². The Morgan fingerprint density at radius 2 is 1.17 bits per heavy atom. The van der Waals surface area contributed by atoms with E-state index in [0.717, 1.165) is 57.3 Å². The first-order chi connectivity index (χ1) is 26.0. The summed E-state index contributed by atoms with van der Waals surface area (Å²) in [5, 5.41) is 2.29. The molecular formula is C51H39NO. The second kappa shape index (κ2) is 12.4. The molecule has 0 atom stereocenters. The topological polar surface area (TPSA) is 16.4 Å². The van der Waals surface area contributed by atoms with E-state index in [1.807, 2.05) is 6.07 Å². The summed E-state index contributed by atoms with van der Waals surface area (Å²) in [6.45, 7) is 4.70. The molecule has 2 heteroatoms. The van der Waals surface area contributed by atoms with Gasteiger partial charge in [-0.3, -0.25) is 0 Å². The van der Waals surface area contributed by atoms with Crippen LogP contribution in [0.2, 0.25) is 0 Å². The van der Waals surface area contributed by atoms with Gasteiger partial charge in [-0.05, 0) is 105 Å². The third kappa shape index (κ3) is 5.25. The molecule has 0 aliphatic heterocycles. The van der Waals surface area contributed by atoms with Gasteiger partial charge in [0.25, 0.3) is 0 Å². The summed E-state index contributed by atoms with van der Waals surface area (Å²) in [5.74, 6) is 0. The minimum atomic E-state index is -0.0318. The predicted octanol–water partition coefficient (Wildman–Crippen LogP) is 14.1. The van der Waals surface area contributed by atoms with Crippen molar-refractivity contribution < 1.29 is 4.42 Å². The van der Waals surface area contributed by atoms with Crippen LogP contribution >= 0.6 is 0 Å². The van der Waals surface area contributed by atoms with Gasteiger partial charge >= 0.3 is 0 Å². The molecule has 7 aromatic carbocycles. The number of furan rings is 1. The Kier molecular flexibility index (Phi) is 7.33. The van der Waals surface area contributed by atoms with Crippen LogP contribution in [0.25, 0.3) is 60.9 Å². The monoisotopic (exact) mass is 681 g/mol. The maximum absolute atomic E-state index is 6.47. The van der Waals surface area contributed by atoms with E-state index >= 15 is 0 Å². The fraction of sp³-hybridized carbons (Fsp3) is 0.0980. The first kappa shape index (κ1) is 31.4. The summed E-state index contributed by atoms with van der Waals surface area (Å²) in [6.07, 6.45) is 6.54. The molecule has 53 heavy (non-hydrogen) atoms. The van der Waals surface area contributed by atoms with Gasteiger partial charge in [-0.25, -0.2) is 0 Å². The first-order valence-electron chi connectivity index (χ1n) is 18.6. The number of anilines is 2. The summed E-state index contributed by atoms with van der Waals surface area (Å²) >= 11 is 0. The van der Waals surface area contributed by atoms with Gasteiger partial charge in [0.05, 0.1) is 0 Å². The Morgan fingerprint density at radius 3 is 2.02 bits per heavy atom. The number of nitrogens with zero attached hydrogens (tertiary/aromatic N) is 1. The Bertz CT molecular complexity index is 2740. The first-order valence-corrected chi connectivity index (χ1v) is 18.6. The number of rotatable bonds is 6. The van der Waals surface area contributed by atoms with Crippen molar-refractivity contribution in [3.63, 3.8) is 0 Å². The van der Waals surface area contributed by atoms with E-state index in [1.165, 1.54) is 50.2 Å². The largest absolute Gasteiger partial charge is 0.455 e. The van der Waals surface area contributed by atoms with Crippen LogP contribution in [0.1, 0.15) is 43.4 Å². The highest BCUT2D eigenvalue weighted by atomic mass is 16.3. The Labute approximate surface area is 311 Å². The Hall–Kier alpha value is -6.38. The molecular weight excluding hydrogens is 643 g/mol. The maximum Gasteiger partial charge on any atom is 0.143 e. The predicted molar refractivity (Wildman–Crippen MR) is 222 cm³/mol. The van der Waals surface area contributed by atoms with E-state index in [4.69, 9.17) is 4.42 Å². The molecule has 0 spiro atoms. The van der Waals surface area contributed by atoms with Crippen LogP contribution in [0.4, 0.5) is 11.4 Å². The lowest BCUT2D eigenvalue weighted by Gasteiger charge is -2.30. The van der Waals surface area contributed by atoms with Crippen LogP contribution in [0, 0.1) is 0 Å². The highest BCUT2D eigenvalue weighted by Gasteiger charge is 2.35. The minimum absolute atomic E-state index is 0.0318. The zero-order valence-electron chi connectivity index (χ0n) is 30.0. The van der Waals surface area contributed by atoms with Gasteiger partial charge in [0.2, 0.25) is 0 Å². The molecule has 0 bridgehead atoms. The zero-order chi connectivity index (χ0) is 35.5. The van der Waals surface area contributed by atoms with E-state index in [0.29, 0.717) is 0 Å². The zero-order valence-corrected chi connectivity index (χ0v) is 30.0. The molecule has 8 aromatic rings. The third-order valence-electron chi connectivity index (χ3n) is 11.4.